The first-order valence-corrected chi connectivity index (χ1v) is 5.12. The van der Waals surface area contributed by atoms with Crippen molar-refractivity contribution in [3.8, 4) is 0 Å². The van der Waals surface area contributed by atoms with Crippen LogP contribution in [0.4, 0.5) is 0 Å². The van der Waals surface area contributed by atoms with Crippen molar-refractivity contribution in [2.75, 3.05) is 26.2 Å². The number of esters is 1. The van der Waals surface area contributed by atoms with Gasteiger partial charge in [0.05, 0.1) is 6.61 Å². The lowest BCUT2D eigenvalue weighted by atomic mass is 10.4. The Morgan fingerprint density at radius 3 is 1.85 bits per heavy atom. The van der Waals surface area contributed by atoms with Crippen molar-refractivity contribution < 1.29 is 9.53 Å². The van der Waals surface area contributed by atoms with Gasteiger partial charge in [0, 0.05) is 6.42 Å². The fourth-order valence-corrected chi connectivity index (χ4v) is 1.15. The summed E-state index contributed by atoms with van der Waals surface area (Å²) in [6.45, 7) is 10.8. The molecule has 3 heteroatoms. The van der Waals surface area contributed by atoms with Crippen molar-refractivity contribution >= 4 is 5.97 Å². The van der Waals surface area contributed by atoms with Crippen molar-refractivity contribution in [1.29, 1.82) is 0 Å². The van der Waals surface area contributed by atoms with Crippen molar-refractivity contribution in [3.05, 3.63) is 0 Å². The summed E-state index contributed by atoms with van der Waals surface area (Å²) in [5, 5.41) is 0. The average molecular weight is 187 g/mol. The average Bonchev–Trinajstić information content (AvgIpc) is 2.60. The normalized spacial score (nSPS) is 15.2. The van der Waals surface area contributed by atoms with Crippen LogP contribution in [0.15, 0.2) is 0 Å². The molecule has 0 unspecified atom stereocenters. The number of nitrogens with zero attached hydrogens (tertiary/aromatic N) is 1. The lowest BCUT2D eigenvalue weighted by Crippen LogP contribution is -2.21. The van der Waals surface area contributed by atoms with E-state index in [-0.39, 0.29) is 5.97 Å². The van der Waals surface area contributed by atoms with Crippen LogP contribution in [-0.4, -0.2) is 37.1 Å². The molecule has 0 N–H and O–H groups in total. The Balaban J connectivity index is 0.000000223. The molecule has 0 aromatic carbocycles. The van der Waals surface area contributed by atoms with E-state index < -0.39 is 0 Å². The van der Waals surface area contributed by atoms with Gasteiger partial charge in [0.25, 0.3) is 0 Å². The molecule has 1 aliphatic heterocycles. The third-order valence-corrected chi connectivity index (χ3v) is 2.13. The maximum Gasteiger partial charge on any atom is 0.305 e. The van der Waals surface area contributed by atoms with E-state index in [4.69, 9.17) is 0 Å². The number of hydrogen-bond acceptors (Lipinski definition) is 3. The number of carbonyl (C=O) groups is 1. The molecule has 0 spiro atoms. The highest BCUT2D eigenvalue weighted by Crippen LogP contribution is 2.01. The molecule has 0 aromatic rings. The van der Waals surface area contributed by atoms with Gasteiger partial charge < -0.3 is 9.64 Å². The molecule has 78 valence electrons. The number of hydrogen-bond donors (Lipinski definition) is 0. The Hall–Kier alpha value is -0.570. The summed E-state index contributed by atoms with van der Waals surface area (Å²) in [5.74, 6) is -0.0463. The lowest BCUT2D eigenvalue weighted by Gasteiger charge is -2.13. The third-order valence-electron chi connectivity index (χ3n) is 2.13. The Morgan fingerprint density at radius 1 is 1.23 bits per heavy atom. The second-order valence-electron chi connectivity index (χ2n) is 2.94. The summed E-state index contributed by atoms with van der Waals surface area (Å²) in [6, 6.07) is 0. The van der Waals surface area contributed by atoms with Crippen LogP contribution in [0, 0.1) is 0 Å². The maximum atomic E-state index is 10.0. The molecular weight excluding hydrogens is 166 g/mol. The summed E-state index contributed by atoms with van der Waals surface area (Å²) in [7, 11) is 0. The summed E-state index contributed by atoms with van der Waals surface area (Å²) in [4.78, 5) is 12.4. The van der Waals surface area contributed by atoms with E-state index in [0.717, 1.165) is 6.42 Å². The molecule has 0 bridgehead atoms. The second-order valence-corrected chi connectivity index (χ2v) is 2.94. The molecular formula is C10H21NO2. The fraction of sp³-hybridized carbons (Fsp3) is 0.900. The van der Waals surface area contributed by atoms with Gasteiger partial charge >= 0.3 is 5.97 Å². The fourth-order valence-electron chi connectivity index (χ4n) is 1.15. The van der Waals surface area contributed by atoms with Crippen LogP contribution in [0.3, 0.4) is 0 Å². The van der Waals surface area contributed by atoms with Crippen LogP contribution < -0.4 is 0 Å². The first-order chi connectivity index (χ1) is 6.24. The lowest BCUT2D eigenvalue weighted by molar-refractivity contribution is -0.137. The van der Waals surface area contributed by atoms with Crippen LogP contribution in [0.2, 0.25) is 0 Å². The summed E-state index contributed by atoms with van der Waals surface area (Å²) >= 11 is 0. The van der Waals surface area contributed by atoms with E-state index in [0.29, 0.717) is 13.0 Å². The Morgan fingerprint density at radius 2 is 1.77 bits per heavy atom. The van der Waals surface area contributed by atoms with Crippen LogP contribution in [0.25, 0.3) is 0 Å². The van der Waals surface area contributed by atoms with Gasteiger partial charge in [-0.15, -0.1) is 0 Å². The molecule has 0 amide bonds. The molecule has 0 aliphatic carbocycles. The van der Waals surface area contributed by atoms with Crippen LogP contribution in [-0.2, 0) is 9.53 Å². The Bertz CT molecular complexity index is 119. The molecule has 0 saturated carbocycles. The van der Waals surface area contributed by atoms with E-state index in [9.17, 15) is 4.79 Å². The van der Waals surface area contributed by atoms with Crippen molar-refractivity contribution in [3.63, 3.8) is 0 Å². The zero-order chi connectivity index (χ0) is 10.1. The van der Waals surface area contributed by atoms with Crippen LogP contribution >= 0.6 is 0 Å². The zero-order valence-corrected chi connectivity index (χ0v) is 9.01. The van der Waals surface area contributed by atoms with E-state index in [1.165, 1.54) is 19.6 Å². The molecule has 0 radical (unpaired) electrons. The van der Waals surface area contributed by atoms with E-state index in [1.54, 1.807) is 0 Å². The number of rotatable bonds is 3. The SMILES string of the molecule is CCN(CC)CC.O=C1CCCO1. The zero-order valence-electron chi connectivity index (χ0n) is 9.01. The number of carbonyl (C=O) groups excluding carboxylic acids is 1. The minimum absolute atomic E-state index is 0.0463. The summed E-state index contributed by atoms with van der Waals surface area (Å²) in [5.41, 5.74) is 0. The highest BCUT2D eigenvalue weighted by molar-refractivity contribution is 5.70. The van der Waals surface area contributed by atoms with Gasteiger partial charge in [-0.3, -0.25) is 4.79 Å². The van der Waals surface area contributed by atoms with Crippen LogP contribution in [0.5, 0.6) is 0 Å². The van der Waals surface area contributed by atoms with Crippen molar-refractivity contribution in [2.24, 2.45) is 0 Å². The number of cyclic esters (lactones) is 1. The largest absolute Gasteiger partial charge is 0.466 e. The smallest absolute Gasteiger partial charge is 0.305 e. The quantitative estimate of drug-likeness (QED) is 0.629. The van der Waals surface area contributed by atoms with Gasteiger partial charge in [0.2, 0.25) is 0 Å². The molecule has 1 aliphatic rings. The van der Waals surface area contributed by atoms with Gasteiger partial charge in [-0.05, 0) is 26.1 Å². The molecule has 1 saturated heterocycles. The number of ether oxygens (including phenoxy) is 1. The van der Waals surface area contributed by atoms with Crippen molar-refractivity contribution in [1.82, 2.24) is 4.90 Å². The highest BCUT2D eigenvalue weighted by atomic mass is 16.5. The minimum Gasteiger partial charge on any atom is -0.466 e. The van der Waals surface area contributed by atoms with Gasteiger partial charge in [-0.2, -0.15) is 0 Å². The van der Waals surface area contributed by atoms with Gasteiger partial charge in [-0.25, -0.2) is 0 Å². The monoisotopic (exact) mass is 187 g/mol. The minimum atomic E-state index is -0.0463. The predicted molar refractivity (Wildman–Crippen MR) is 53.7 cm³/mol. The molecule has 0 aromatic heterocycles. The van der Waals surface area contributed by atoms with E-state index in [1.807, 2.05) is 0 Å². The molecule has 0 atom stereocenters. The topological polar surface area (TPSA) is 29.5 Å². The highest BCUT2D eigenvalue weighted by Gasteiger charge is 2.08. The van der Waals surface area contributed by atoms with E-state index >= 15 is 0 Å². The van der Waals surface area contributed by atoms with Gasteiger partial charge in [0.1, 0.15) is 0 Å². The Kier molecular flexibility index (Phi) is 7.69. The van der Waals surface area contributed by atoms with Gasteiger partial charge in [-0.1, -0.05) is 20.8 Å². The molecule has 3 nitrogen and oxygen atoms in total. The van der Waals surface area contributed by atoms with Gasteiger partial charge in [0.15, 0.2) is 0 Å². The molecule has 13 heavy (non-hydrogen) atoms. The molecule has 1 rings (SSSR count). The maximum absolute atomic E-state index is 10.0. The first kappa shape index (κ1) is 12.4. The summed E-state index contributed by atoms with van der Waals surface area (Å²) < 4.78 is 4.51. The predicted octanol–water partition coefficient (Wildman–Crippen LogP) is 1.67. The first-order valence-electron chi connectivity index (χ1n) is 5.12. The standard InChI is InChI=1S/C6H15N.C4H6O2/c1-4-7(5-2)6-3;5-4-2-1-3-6-4/h4-6H2,1-3H3;1-3H2. The molecule has 1 fully saturated rings. The third kappa shape index (κ3) is 6.58. The molecule has 1 heterocycles. The van der Waals surface area contributed by atoms with Crippen LogP contribution in [0.1, 0.15) is 33.6 Å². The van der Waals surface area contributed by atoms with E-state index in [2.05, 4.69) is 30.4 Å². The van der Waals surface area contributed by atoms with Crippen molar-refractivity contribution in [2.45, 2.75) is 33.6 Å². The second kappa shape index (κ2) is 8.05. The summed E-state index contributed by atoms with van der Waals surface area (Å²) in [6.07, 6.45) is 1.54. The Labute approximate surface area is 81.1 Å².